The zero-order valence-corrected chi connectivity index (χ0v) is 11.7. The van der Waals surface area contributed by atoms with Crippen LogP contribution >= 0.6 is 11.3 Å². The van der Waals surface area contributed by atoms with E-state index >= 15 is 0 Å². The lowest BCUT2D eigenvalue weighted by atomic mass is 10.2. The summed E-state index contributed by atoms with van der Waals surface area (Å²) in [7, 11) is 0. The summed E-state index contributed by atoms with van der Waals surface area (Å²) in [5.41, 5.74) is -2.46. The minimum atomic E-state index is -4.81. The first-order chi connectivity index (χ1) is 10.6. The molecule has 1 aromatic carbocycles. The average molecular weight is 349 g/mol. The van der Waals surface area contributed by atoms with E-state index in [4.69, 9.17) is 5.11 Å². The quantitative estimate of drug-likeness (QED) is 0.643. The molecule has 1 aromatic heterocycles. The van der Waals surface area contributed by atoms with E-state index in [9.17, 15) is 32.9 Å². The molecule has 122 valence electrons. The van der Waals surface area contributed by atoms with Gasteiger partial charge in [-0.1, -0.05) is 0 Å². The second-order valence-corrected chi connectivity index (χ2v) is 5.19. The molecular weight excluding hydrogens is 343 g/mol. The van der Waals surface area contributed by atoms with E-state index in [-0.39, 0.29) is 15.2 Å². The van der Waals surface area contributed by atoms with Crippen LogP contribution in [-0.2, 0) is 11.0 Å². The van der Waals surface area contributed by atoms with Gasteiger partial charge in [-0.25, -0.2) is 4.98 Å². The van der Waals surface area contributed by atoms with Crippen LogP contribution in [0.25, 0.3) is 10.2 Å². The van der Waals surface area contributed by atoms with Crippen molar-refractivity contribution in [1.82, 2.24) is 10.3 Å². The van der Waals surface area contributed by atoms with Crippen LogP contribution in [0.15, 0.2) is 12.1 Å². The predicted octanol–water partition coefficient (Wildman–Crippen LogP) is 2.04. The molecule has 0 radical (unpaired) electrons. The Bertz CT molecular complexity index is 817. The predicted molar refractivity (Wildman–Crippen MR) is 71.2 cm³/mol. The van der Waals surface area contributed by atoms with Gasteiger partial charge in [0.1, 0.15) is 11.2 Å². The van der Waals surface area contributed by atoms with Gasteiger partial charge < -0.3 is 10.4 Å². The highest BCUT2D eigenvalue weighted by molar-refractivity contribution is 7.20. The fourth-order valence-corrected chi connectivity index (χ4v) is 2.59. The number of nitro benzene ring substituents is 1. The number of non-ortho nitro benzene ring substituents is 1. The summed E-state index contributed by atoms with van der Waals surface area (Å²) < 4.78 is 38.0. The molecule has 23 heavy (non-hydrogen) atoms. The van der Waals surface area contributed by atoms with Crippen molar-refractivity contribution in [2.24, 2.45) is 0 Å². The summed E-state index contributed by atoms with van der Waals surface area (Å²) in [6.45, 7) is -0.718. The van der Waals surface area contributed by atoms with Crippen molar-refractivity contribution in [3.8, 4) is 0 Å². The fourth-order valence-electron chi connectivity index (χ4n) is 1.64. The van der Waals surface area contributed by atoms with Gasteiger partial charge in [0.2, 0.25) is 0 Å². The van der Waals surface area contributed by atoms with Crippen LogP contribution in [0, 0.1) is 10.1 Å². The molecule has 0 aliphatic heterocycles. The summed E-state index contributed by atoms with van der Waals surface area (Å²) in [5, 5.41) is 21.0. The third-order valence-electron chi connectivity index (χ3n) is 2.59. The molecule has 8 nitrogen and oxygen atoms in total. The lowest BCUT2D eigenvalue weighted by Crippen LogP contribution is -2.29. The number of nitrogens with zero attached hydrogens (tertiary/aromatic N) is 2. The maximum absolute atomic E-state index is 12.7. The highest BCUT2D eigenvalue weighted by atomic mass is 32.1. The number of benzene rings is 1. The first-order valence-corrected chi connectivity index (χ1v) is 6.57. The number of carbonyl (C=O) groups excluding carboxylic acids is 1. The summed E-state index contributed by atoms with van der Waals surface area (Å²) in [5.74, 6) is -2.28. The van der Waals surface area contributed by atoms with Gasteiger partial charge in [0.05, 0.1) is 16.0 Å². The number of halogens is 3. The number of nitro groups is 1. The van der Waals surface area contributed by atoms with E-state index in [2.05, 4.69) is 4.98 Å². The Labute approximate surface area is 128 Å². The number of carboxylic acids is 1. The van der Waals surface area contributed by atoms with Crippen molar-refractivity contribution in [2.75, 3.05) is 6.54 Å². The largest absolute Gasteiger partial charge is 0.480 e. The molecule has 0 spiro atoms. The van der Waals surface area contributed by atoms with Gasteiger partial charge in [-0.3, -0.25) is 19.7 Å². The number of nitrogens with one attached hydrogen (secondary N) is 1. The van der Waals surface area contributed by atoms with Crippen molar-refractivity contribution in [3.05, 3.63) is 32.8 Å². The molecule has 0 unspecified atom stereocenters. The first kappa shape index (κ1) is 16.6. The average Bonchev–Trinajstić information content (AvgIpc) is 2.86. The molecule has 0 saturated carbocycles. The number of hydrogen-bond acceptors (Lipinski definition) is 6. The number of aliphatic carboxylic acids is 1. The number of alkyl halides is 3. The zero-order chi connectivity index (χ0) is 17.4. The zero-order valence-electron chi connectivity index (χ0n) is 10.9. The number of thiazole rings is 1. The van der Waals surface area contributed by atoms with Gasteiger partial charge in [-0.2, -0.15) is 13.2 Å². The molecule has 1 heterocycles. The van der Waals surface area contributed by atoms with Crippen molar-refractivity contribution in [3.63, 3.8) is 0 Å². The highest BCUT2D eigenvalue weighted by Gasteiger charge is 2.34. The van der Waals surface area contributed by atoms with E-state index in [1.54, 1.807) is 0 Å². The summed E-state index contributed by atoms with van der Waals surface area (Å²) >= 11 is 0.506. The van der Waals surface area contributed by atoms with Gasteiger partial charge >= 0.3 is 12.1 Å². The van der Waals surface area contributed by atoms with Crippen LogP contribution in [0.4, 0.5) is 18.9 Å². The number of hydrogen-bond donors (Lipinski definition) is 2. The summed E-state index contributed by atoms with van der Waals surface area (Å²) in [6, 6.07) is 0.951. The van der Waals surface area contributed by atoms with Crippen LogP contribution in [0.2, 0.25) is 0 Å². The molecule has 0 saturated heterocycles. The van der Waals surface area contributed by atoms with Gasteiger partial charge in [-0.15, -0.1) is 11.3 Å². The van der Waals surface area contributed by atoms with Crippen molar-refractivity contribution < 1.29 is 32.8 Å². The number of fused-ring (bicyclic) bond motifs is 1. The lowest BCUT2D eigenvalue weighted by molar-refractivity contribution is -0.383. The monoisotopic (exact) mass is 349 g/mol. The number of rotatable bonds is 4. The van der Waals surface area contributed by atoms with Gasteiger partial charge in [-0.05, 0) is 6.07 Å². The topological polar surface area (TPSA) is 122 Å². The lowest BCUT2D eigenvalue weighted by Gasteiger charge is -2.05. The molecule has 2 N–H and O–H groups in total. The molecule has 2 aromatic rings. The van der Waals surface area contributed by atoms with Crippen molar-refractivity contribution in [1.29, 1.82) is 0 Å². The number of aromatic nitrogens is 1. The molecule has 1 amide bonds. The van der Waals surface area contributed by atoms with E-state index in [0.717, 1.165) is 0 Å². The SMILES string of the molecule is O=C(O)CNC(=O)c1nc2cc(C(F)(F)F)cc([N+](=O)[O-])c2s1. The number of carbonyl (C=O) groups is 2. The molecule has 0 aliphatic carbocycles. The van der Waals surface area contributed by atoms with Crippen LogP contribution in [-0.4, -0.2) is 33.4 Å². The van der Waals surface area contributed by atoms with Crippen LogP contribution in [0.5, 0.6) is 0 Å². The number of amides is 1. The Morgan fingerprint density at radius 2 is 2.04 bits per heavy atom. The maximum atomic E-state index is 12.7. The van der Waals surface area contributed by atoms with E-state index in [1.165, 1.54) is 0 Å². The Kier molecular flexibility index (Phi) is 4.18. The summed E-state index contributed by atoms with van der Waals surface area (Å²) in [4.78, 5) is 35.6. The normalized spacial score (nSPS) is 11.4. The third-order valence-corrected chi connectivity index (χ3v) is 3.68. The standard InChI is InChI=1S/C11H6F3N3O5S/c12-11(13,14)4-1-5-8(6(2-4)17(21)22)23-10(16-5)9(20)15-3-7(18)19/h1-2H,3H2,(H,15,20)(H,18,19). The maximum Gasteiger partial charge on any atom is 0.416 e. The molecule has 0 aliphatic rings. The highest BCUT2D eigenvalue weighted by Crippen LogP contribution is 2.38. The van der Waals surface area contributed by atoms with Crippen LogP contribution in [0.3, 0.4) is 0 Å². The van der Waals surface area contributed by atoms with Gasteiger partial charge in [0.25, 0.3) is 11.6 Å². The fraction of sp³-hybridized carbons (Fsp3) is 0.182. The Hall–Kier alpha value is -2.76. The Balaban J connectivity index is 2.53. The number of carboxylic acid groups (broad SMARTS) is 1. The van der Waals surface area contributed by atoms with E-state index in [0.29, 0.717) is 23.5 Å². The van der Waals surface area contributed by atoms with Crippen molar-refractivity contribution >= 4 is 39.1 Å². The second kappa shape index (κ2) is 5.79. The molecule has 0 atom stereocenters. The second-order valence-electron chi connectivity index (χ2n) is 4.19. The molecule has 0 fully saturated rings. The Morgan fingerprint density at radius 3 is 2.57 bits per heavy atom. The van der Waals surface area contributed by atoms with Gasteiger partial charge in [0, 0.05) is 6.07 Å². The minimum Gasteiger partial charge on any atom is -0.480 e. The molecule has 12 heteroatoms. The third kappa shape index (κ3) is 3.53. The molecule has 2 rings (SSSR count). The molecular formula is C11H6F3N3O5S. The van der Waals surface area contributed by atoms with Crippen LogP contribution in [0.1, 0.15) is 15.4 Å². The minimum absolute atomic E-state index is 0.205. The smallest absolute Gasteiger partial charge is 0.416 e. The van der Waals surface area contributed by atoms with Crippen LogP contribution < -0.4 is 5.32 Å². The first-order valence-electron chi connectivity index (χ1n) is 5.75. The van der Waals surface area contributed by atoms with E-state index < -0.39 is 40.8 Å². The Morgan fingerprint density at radius 1 is 1.39 bits per heavy atom. The summed E-state index contributed by atoms with van der Waals surface area (Å²) in [6.07, 6.45) is -4.81. The van der Waals surface area contributed by atoms with E-state index in [1.807, 2.05) is 5.32 Å². The molecule has 0 bridgehead atoms. The van der Waals surface area contributed by atoms with Gasteiger partial charge in [0.15, 0.2) is 5.01 Å². The van der Waals surface area contributed by atoms with Crippen molar-refractivity contribution in [2.45, 2.75) is 6.18 Å².